The highest BCUT2D eigenvalue weighted by molar-refractivity contribution is 7.12. The van der Waals surface area contributed by atoms with Crippen molar-refractivity contribution in [1.82, 2.24) is 5.43 Å². The lowest BCUT2D eigenvalue weighted by molar-refractivity contribution is -0.385. The number of aromatic hydroxyl groups is 1. The molecule has 0 spiro atoms. The van der Waals surface area contributed by atoms with Gasteiger partial charge in [0.2, 0.25) is 5.75 Å². The second-order valence-electron chi connectivity index (χ2n) is 7.22. The SMILES string of the molecule is C/C(=N\OCC(=O)N/N=C\c1c(O)c([N+](=O)[O-])cc2oc3c(c12)CCCC3)c1cccs1. The lowest BCUT2D eigenvalue weighted by Gasteiger charge is -2.10. The minimum absolute atomic E-state index is 0.133. The standard InChI is InChI=1S/C21H20N4O6S/c1-12(18-7-4-8-32-18)24-30-11-19(26)23-22-10-14-20-13-5-2-3-6-16(13)31-17(20)9-15(21(14)27)25(28)29/h4,7-10,27H,2-3,5-6,11H2,1H3,(H,23,26)/b22-10-,24-12+. The first kappa shape index (κ1) is 21.5. The van der Waals surface area contributed by atoms with Crippen molar-refractivity contribution in [2.45, 2.75) is 32.6 Å². The van der Waals surface area contributed by atoms with Crippen molar-refractivity contribution in [3.63, 3.8) is 0 Å². The first-order chi connectivity index (χ1) is 15.5. The highest BCUT2D eigenvalue weighted by Crippen LogP contribution is 2.41. The summed E-state index contributed by atoms with van der Waals surface area (Å²) in [6, 6.07) is 5.00. The van der Waals surface area contributed by atoms with E-state index in [1.54, 1.807) is 6.92 Å². The summed E-state index contributed by atoms with van der Waals surface area (Å²) in [6.45, 7) is 1.40. The predicted molar refractivity (Wildman–Crippen MR) is 119 cm³/mol. The van der Waals surface area contributed by atoms with Crippen LogP contribution in [0.1, 0.15) is 41.5 Å². The molecule has 0 bridgehead atoms. The van der Waals surface area contributed by atoms with Gasteiger partial charge in [-0.3, -0.25) is 14.9 Å². The summed E-state index contributed by atoms with van der Waals surface area (Å²) in [5, 5.41) is 32.1. The van der Waals surface area contributed by atoms with E-state index in [-0.39, 0.29) is 12.2 Å². The van der Waals surface area contributed by atoms with Gasteiger partial charge in [-0.2, -0.15) is 5.10 Å². The van der Waals surface area contributed by atoms with E-state index in [1.807, 2.05) is 17.5 Å². The predicted octanol–water partition coefficient (Wildman–Crippen LogP) is 3.88. The van der Waals surface area contributed by atoms with Crippen molar-refractivity contribution in [3.8, 4) is 5.75 Å². The molecule has 0 unspecified atom stereocenters. The number of benzene rings is 1. The summed E-state index contributed by atoms with van der Waals surface area (Å²) in [5.41, 5.74) is 3.79. The van der Waals surface area contributed by atoms with E-state index >= 15 is 0 Å². The number of hydrogen-bond acceptors (Lipinski definition) is 9. The second kappa shape index (κ2) is 9.18. The van der Waals surface area contributed by atoms with Crippen molar-refractivity contribution in [1.29, 1.82) is 0 Å². The number of nitrogens with one attached hydrogen (secondary N) is 1. The summed E-state index contributed by atoms with van der Waals surface area (Å²) >= 11 is 1.50. The van der Waals surface area contributed by atoms with Gasteiger partial charge in [-0.25, -0.2) is 5.43 Å². The molecule has 0 aliphatic heterocycles. The van der Waals surface area contributed by atoms with Crippen LogP contribution in [0.2, 0.25) is 0 Å². The molecule has 0 radical (unpaired) electrons. The zero-order valence-electron chi connectivity index (χ0n) is 17.2. The van der Waals surface area contributed by atoms with Gasteiger partial charge < -0.3 is 14.4 Å². The van der Waals surface area contributed by atoms with E-state index in [1.165, 1.54) is 23.6 Å². The molecule has 10 nitrogen and oxygen atoms in total. The van der Waals surface area contributed by atoms with Crippen molar-refractivity contribution in [2.75, 3.05) is 6.61 Å². The number of rotatable bonds is 7. The highest BCUT2D eigenvalue weighted by Gasteiger charge is 2.27. The molecule has 3 aromatic rings. The molecule has 2 N–H and O–H groups in total. The summed E-state index contributed by atoms with van der Waals surface area (Å²) in [7, 11) is 0. The average molecular weight is 456 g/mol. The Morgan fingerprint density at radius 3 is 3.00 bits per heavy atom. The molecular weight excluding hydrogens is 436 g/mol. The maximum Gasteiger partial charge on any atom is 0.315 e. The van der Waals surface area contributed by atoms with Crippen LogP contribution in [0.25, 0.3) is 11.0 Å². The Balaban J connectivity index is 1.52. The number of nitro groups is 1. The Hall–Kier alpha value is -3.73. The number of furan rings is 1. The highest BCUT2D eigenvalue weighted by atomic mass is 32.1. The number of phenolic OH excluding ortho intramolecular Hbond substituents is 1. The molecule has 0 atom stereocenters. The smallest absolute Gasteiger partial charge is 0.315 e. The van der Waals surface area contributed by atoms with E-state index in [0.29, 0.717) is 16.7 Å². The van der Waals surface area contributed by atoms with Crippen LogP contribution < -0.4 is 5.43 Å². The minimum Gasteiger partial charge on any atom is -0.502 e. The van der Waals surface area contributed by atoms with E-state index in [9.17, 15) is 20.0 Å². The van der Waals surface area contributed by atoms with Gasteiger partial charge in [-0.1, -0.05) is 11.2 Å². The quantitative estimate of drug-likeness (QED) is 0.314. The normalized spacial score (nSPS) is 14.0. The van der Waals surface area contributed by atoms with Crippen LogP contribution in [-0.4, -0.2) is 34.5 Å². The largest absolute Gasteiger partial charge is 0.502 e. The van der Waals surface area contributed by atoms with Crippen molar-refractivity contribution >= 4 is 45.8 Å². The Morgan fingerprint density at radius 2 is 2.25 bits per heavy atom. The summed E-state index contributed by atoms with van der Waals surface area (Å²) in [5.74, 6) is -0.335. The molecule has 2 heterocycles. The number of aryl methyl sites for hydroxylation is 2. The van der Waals surface area contributed by atoms with Gasteiger partial charge >= 0.3 is 5.69 Å². The number of amides is 1. The summed E-state index contributed by atoms with van der Waals surface area (Å²) in [6.07, 6.45) is 4.58. The van der Waals surface area contributed by atoms with Crippen LogP contribution in [0, 0.1) is 10.1 Å². The minimum atomic E-state index is -0.687. The van der Waals surface area contributed by atoms with Crippen LogP contribution in [0.15, 0.2) is 38.3 Å². The zero-order valence-corrected chi connectivity index (χ0v) is 18.0. The summed E-state index contributed by atoms with van der Waals surface area (Å²) in [4.78, 5) is 28.7. The van der Waals surface area contributed by atoms with Crippen LogP contribution in [0.5, 0.6) is 5.75 Å². The number of hydrazone groups is 1. The number of nitrogens with zero attached hydrogens (tertiary/aromatic N) is 3. The fraction of sp³-hybridized carbons (Fsp3) is 0.286. The molecule has 166 valence electrons. The third-order valence-corrected chi connectivity index (χ3v) is 6.07. The monoisotopic (exact) mass is 456 g/mol. The van der Waals surface area contributed by atoms with Gasteiger partial charge in [-0.15, -0.1) is 11.3 Å². The van der Waals surface area contributed by atoms with Gasteiger partial charge in [0.05, 0.1) is 33.4 Å². The number of hydrogen-bond donors (Lipinski definition) is 2. The lowest BCUT2D eigenvalue weighted by atomic mass is 9.93. The number of thiophene rings is 1. The van der Waals surface area contributed by atoms with E-state index in [4.69, 9.17) is 9.25 Å². The Labute approximate surface area is 186 Å². The van der Waals surface area contributed by atoms with E-state index < -0.39 is 22.3 Å². The van der Waals surface area contributed by atoms with Crippen LogP contribution in [0.3, 0.4) is 0 Å². The maximum atomic E-state index is 12.0. The Bertz CT molecular complexity index is 1230. The molecule has 1 aliphatic rings. The molecule has 1 amide bonds. The lowest BCUT2D eigenvalue weighted by Crippen LogP contribution is -2.22. The number of carbonyl (C=O) groups excluding carboxylic acids is 1. The molecule has 32 heavy (non-hydrogen) atoms. The molecular formula is C21H20N4O6S. The third kappa shape index (κ3) is 4.33. The first-order valence-electron chi connectivity index (χ1n) is 9.92. The molecule has 11 heteroatoms. The van der Waals surface area contributed by atoms with Gasteiger partial charge in [-0.05, 0) is 37.6 Å². The second-order valence-corrected chi connectivity index (χ2v) is 8.17. The molecule has 0 saturated heterocycles. The number of fused-ring (bicyclic) bond motifs is 3. The Kier molecular flexibility index (Phi) is 6.17. The topological polar surface area (TPSA) is 140 Å². The fourth-order valence-electron chi connectivity index (χ4n) is 3.62. The number of oxime groups is 1. The van der Waals surface area contributed by atoms with Crippen LogP contribution in [0.4, 0.5) is 5.69 Å². The summed E-state index contributed by atoms with van der Waals surface area (Å²) < 4.78 is 5.81. The molecule has 1 aliphatic carbocycles. The molecule has 0 fully saturated rings. The van der Waals surface area contributed by atoms with Gasteiger partial charge in [0.25, 0.3) is 5.91 Å². The molecule has 0 saturated carbocycles. The number of carbonyl (C=O) groups is 1. The molecule has 1 aromatic carbocycles. The first-order valence-corrected chi connectivity index (χ1v) is 10.8. The zero-order chi connectivity index (χ0) is 22.7. The van der Waals surface area contributed by atoms with Gasteiger partial charge in [0, 0.05) is 17.4 Å². The molecule has 4 rings (SSSR count). The van der Waals surface area contributed by atoms with Crippen molar-refractivity contribution in [3.05, 3.63) is 55.5 Å². The van der Waals surface area contributed by atoms with Gasteiger partial charge in [0.1, 0.15) is 11.3 Å². The van der Waals surface area contributed by atoms with Crippen LogP contribution in [-0.2, 0) is 22.5 Å². The number of nitro benzene ring substituents is 1. The van der Waals surface area contributed by atoms with Crippen molar-refractivity contribution < 1.29 is 24.1 Å². The van der Waals surface area contributed by atoms with Gasteiger partial charge in [0.15, 0.2) is 6.61 Å². The average Bonchev–Trinajstić information content (AvgIpc) is 3.42. The van der Waals surface area contributed by atoms with Crippen molar-refractivity contribution in [2.24, 2.45) is 10.3 Å². The number of phenols is 1. The fourth-order valence-corrected chi connectivity index (χ4v) is 4.28. The maximum absolute atomic E-state index is 12.0. The van der Waals surface area contributed by atoms with E-state index in [2.05, 4.69) is 15.7 Å². The molecule has 2 aromatic heterocycles. The third-order valence-electron chi connectivity index (χ3n) is 5.09. The van der Waals surface area contributed by atoms with E-state index in [0.717, 1.165) is 41.9 Å². The van der Waals surface area contributed by atoms with Crippen LogP contribution >= 0.6 is 11.3 Å². The Morgan fingerprint density at radius 1 is 1.44 bits per heavy atom.